The zero-order valence-corrected chi connectivity index (χ0v) is 17.9. The fourth-order valence-corrected chi connectivity index (χ4v) is 5.13. The molecule has 1 aliphatic carbocycles. The van der Waals surface area contributed by atoms with E-state index in [1.807, 2.05) is 23.4 Å². The largest absolute Gasteiger partial charge is 0.376 e. The zero-order chi connectivity index (χ0) is 19.9. The van der Waals surface area contributed by atoms with Gasteiger partial charge in [0, 0.05) is 44.1 Å². The molecule has 1 saturated carbocycles. The lowest BCUT2D eigenvalue weighted by atomic mass is 9.90. The summed E-state index contributed by atoms with van der Waals surface area (Å²) in [5.41, 5.74) is 0. The number of carbonyl (C=O) groups excluding carboxylic acids is 2. The number of nitrogens with one attached hydrogen (secondary N) is 1. The summed E-state index contributed by atoms with van der Waals surface area (Å²) in [6, 6.07) is -0.613. The molecule has 1 N–H and O–H groups in total. The van der Waals surface area contributed by atoms with Gasteiger partial charge in [0.2, 0.25) is 11.8 Å². The second-order valence-corrected chi connectivity index (χ2v) is 9.12. The molecule has 1 saturated heterocycles. The summed E-state index contributed by atoms with van der Waals surface area (Å²) in [6.45, 7) is 5.45. The Balaban J connectivity index is 1.54. The smallest absolute Gasteiger partial charge is 0.247 e. The number of aromatic nitrogens is 1. The first-order valence-electron chi connectivity index (χ1n) is 10.6. The maximum absolute atomic E-state index is 13.1. The van der Waals surface area contributed by atoms with Crippen molar-refractivity contribution in [2.45, 2.75) is 76.9 Å². The molecule has 2 amide bonds. The van der Waals surface area contributed by atoms with Gasteiger partial charge in [-0.15, -0.1) is 11.3 Å². The monoisotopic (exact) mass is 407 g/mol. The summed E-state index contributed by atoms with van der Waals surface area (Å²) in [5.74, 6) is 0.801. The minimum atomic E-state index is -0.613. The Morgan fingerprint density at radius 3 is 2.57 bits per heavy atom. The van der Waals surface area contributed by atoms with Gasteiger partial charge in [-0.3, -0.25) is 9.59 Å². The van der Waals surface area contributed by atoms with Crippen molar-refractivity contribution in [1.82, 2.24) is 15.2 Å². The number of nitrogens with zero attached hydrogens (tertiary/aromatic N) is 2. The fraction of sp³-hybridized carbons (Fsp3) is 0.762. The Kier molecular flexibility index (Phi) is 7.85. The van der Waals surface area contributed by atoms with E-state index in [4.69, 9.17) is 4.74 Å². The lowest BCUT2D eigenvalue weighted by Crippen LogP contribution is -2.55. The molecule has 28 heavy (non-hydrogen) atoms. The highest BCUT2D eigenvalue weighted by atomic mass is 32.1. The van der Waals surface area contributed by atoms with Gasteiger partial charge in [0.1, 0.15) is 6.04 Å². The minimum absolute atomic E-state index is 0.0241. The van der Waals surface area contributed by atoms with Crippen molar-refractivity contribution >= 4 is 23.2 Å². The van der Waals surface area contributed by atoms with Crippen molar-refractivity contribution in [3.8, 4) is 0 Å². The normalized spacial score (nSPS) is 21.3. The van der Waals surface area contributed by atoms with Crippen molar-refractivity contribution in [3.05, 3.63) is 16.6 Å². The van der Waals surface area contributed by atoms with Gasteiger partial charge >= 0.3 is 0 Å². The number of thiazole rings is 1. The van der Waals surface area contributed by atoms with E-state index in [0.717, 1.165) is 17.8 Å². The summed E-state index contributed by atoms with van der Waals surface area (Å²) in [6.07, 6.45) is 9.62. The van der Waals surface area contributed by atoms with Crippen LogP contribution in [0.5, 0.6) is 0 Å². The third kappa shape index (κ3) is 5.77. The predicted molar refractivity (Wildman–Crippen MR) is 110 cm³/mol. The van der Waals surface area contributed by atoms with Gasteiger partial charge < -0.3 is 15.0 Å². The Hall–Kier alpha value is -1.47. The zero-order valence-electron chi connectivity index (χ0n) is 17.1. The molecule has 1 aromatic heterocycles. The molecule has 2 aliphatic rings. The third-order valence-electron chi connectivity index (χ3n) is 6.02. The van der Waals surface area contributed by atoms with Crippen molar-refractivity contribution in [2.75, 3.05) is 19.7 Å². The fourth-order valence-electron chi connectivity index (χ4n) is 4.32. The Morgan fingerprint density at radius 2 is 1.96 bits per heavy atom. The molecule has 156 valence electrons. The molecule has 1 aliphatic heterocycles. The summed E-state index contributed by atoms with van der Waals surface area (Å²) < 4.78 is 6.07. The highest BCUT2D eigenvalue weighted by Crippen LogP contribution is 2.30. The molecule has 2 fully saturated rings. The van der Waals surface area contributed by atoms with Crippen LogP contribution in [0.3, 0.4) is 0 Å². The molecule has 3 rings (SSSR count). The van der Waals surface area contributed by atoms with E-state index in [1.165, 1.54) is 39.0 Å². The van der Waals surface area contributed by atoms with Crippen LogP contribution in [0.4, 0.5) is 0 Å². The molecular formula is C21H33N3O3S. The number of carbonyl (C=O) groups is 2. The van der Waals surface area contributed by atoms with Gasteiger partial charge in [-0.25, -0.2) is 4.98 Å². The molecule has 0 spiro atoms. The molecule has 0 aromatic carbocycles. The first-order valence-corrected chi connectivity index (χ1v) is 11.5. The summed E-state index contributed by atoms with van der Waals surface area (Å²) in [7, 11) is 0. The molecule has 0 bridgehead atoms. The third-order valence-corrected chi connectivity index (χ3v) is 6.96. The van der Waals surface area contributed by atoms with Crippen LogP contribution in [0.1, 0.15) is 69.7 Å². The van der Waals surface area contributed by atoms with Crippen LogP contribution < -0.4 is 5.32 Å². The number of likely N-dealkylation sites (tertiary alicyclic amines) is 1. The number of piperidine rings is 1. The van der Waals surface area contributed by atoms with Gasteiger partial charge in [-0.05, 0) is 38.5 Å². The molecule has 0 radical (unpaired) electrons. The SMILES string of the molecule is CC(=O)NC(C(=O)N1CCC(c2nccs2)CC1)C(C)OCC1CCCCC1. The van der Waals surface area contributed by atoms with Crippen molar-refractivity contribution in [3.63, 3.8) is 0 Å². The van der Waals surface area contributed by atoms with Crippen molar-refractivity contribution < 1.29 is 14.3 Å². The van der Waals surface area contributed by atoms with E-state index in [1.54, 1.807) is 11.3 Å². The average Bonchev–Trinajstić information content (AvgIpc) is 3.25. The van der Waals surface area contributed by atoms with E-state index in [-0.39, 0.29) is 17.9 Å². The van der Waals surface area contributed by atoms with Crippen LogP contribution in [-0.2, 0) is 14.3 Å². The molecule has 2 unspecified atom stereocenters. The van der Waals surface area contributed by atoms with Gasteiger partial charge in [-0.1, -0.05) is 19.3 Å². The van der Waals surface area contributed by atoms with Gasteiger partial charge in [0.15, 0.2) is 0 Å². The number of ether oxygens (including phenoxy) is 1. The maximum Gasteiger partial charge on any atom is 0.247 e. The maximum atomic E-state index is 13.1. The molecule has 2 atom stereocenters. The second kappa shape index (κ2) is 10.3. The Bertz CT molecular complexity index is 623. The van der Waals surface area contributed by atoms with Gasteiger partial charge in [-0.2, -0.15) is 0 Å². The lowest BCUT2D eigenvalue weighted by molar-refractivity contribution is -0.141. The lowest BCUT2D eigenvalue weighted by Gasteiger charge is -2.35. The average molecular weight is 408 g/mol. The molecule has 6 nitrogen and oxygen atoms in total. The van der Waals surface area contributed by atoms with Crippen LogP contribution in [0.25, 0.3) is 0 Å². The van der Waals surface area contributed by atoms with E-state index in [2.05, 4.69) is 10.3 Å². The van der Waals surface area contributed by atoms with Crippen LogP contribution in [0, 0.1) is 5.92 Å². The topological polar surface area (TPSA) is 71.5 Å². The van der Waals surface area contributed by atoms with Crippen LogP contribution >= 0.6 is 11.3 Å². The van der Waals surface area contributed by atoms with Crippen molar-refractivity contribution in [1.29, 1.82) is 0 Å². The summed E-state index contributed by atoms with van der Waals surface area (Å²) in [4.78, 5) is 31.2. The number of hydrogen-bond acceptors (Lipinski definition) is 5. The summed E-state index contributed by atoms with van der Waals surface area (Å²) >= 11 is 1.69. The number of amides is 2. The predicted octanol–water partition coefficient (Wildman–Crippen LogP) is 3.34. The van der Waals surface area contributed by atoms with Crippen molar-refractivity contribution in [2.24, 2.45) is 5.92 Å². The standard InChI is InChI=1S/C21H33N3O3S/c1-15(27-14-17-6-4-3-5-7-17)19(23-16(2)25)21(26)24-11-8-18(9-12-24)20-22-10-13-28-20/h10,13,15,17-19H,3-9,11-12,14H2,1-2H3,(H,23,25). The Morgan fingerprint density at radius 1 is 1.25 bits per heavy atom. The van der Waals surface area contributed by atoms with E-state index in [9.17, 15) is 9.59 Å². The molecular weight excluding hydrogens is 374 g/mol. The summed E-state index contributed by atoms with van der Waals surface area (Å²) in [5, 5.41) is 6.00. The second-order valence-electron chi connectivity index (χ2n) is 8.19. The van der Waals surface area contributed by atoms with E-state index in [0.29, 0.717) is 31.5 Å². The van der Waals surface area contributed by atoms with E-state index >= 15 is 0 Å². The molecule has 2 heterocycles. The Labute approximate surface area is 172 Å². The first kappa shape index (κ1) is 21.2. The minimum Gasteiger partial charge on any atom is -0.376 e. The van der Waals surface area contributed by atoms with Gasteiger partial charge in [0.25, 0.3) is 0 Å². The number of rotatable bonds is 7. The van der Waals surface area contributed by atoms with Crippen LogP contribution in [-0.4, -0.2) is 53.5 Å². The van der Waals surface area contributed by atoms with E-state index < -0.39 is 6.04 Å². The highest BCUT2D eigenvalue weighted by molar-refractivity contribution is 7.09. The molecule has 1 aromatic rings. The molecule has 7 heteroatoms. The van der Waals surface area contributed by atoms with Crippen LogP contribution in [0.2, 0.25) is 0 Å². The number of hydrogen-bond donors (Lipinski definition) is 1. The quantitative estimate of drug-likeness (QED) is 0.752. The highest BCUT2D eigenvalue weighted by Gasteiger charge is 2.34. The van der Waals surface area contributed by atoms with Gasteiger partial charge in [0.05, 0.1) is 11.1 Å². The van der Waals surface area contributed by atoms with Crippen LogP contribution in [0.15, 0.2) is 11.6 Å². The first-order chi connectivity index (χ1) is 13.5.